The van der Waals surface area contributed by atoms with Crippen molar-refractivity contribution in [2.75, 3.05) is 42.5 Å². The Hall–Kier alpha value is -2.83. The van der Waals surface area contributed by atoms with E-state index in [9.17, 15) is 4.79 Å². The van der Waals surface area contributed by atoms with E-state index in [1.165, 1.54) is 28.9 Å². The molecule has 2 saturated heterocycles. The SMILES string of the molecule is CC1CCN1c1nc2c(c(-c3ccc(N4CCN(C(=O)OC(C)(C)C)CC4)cc3)n1)CCC2. The summed E-state index contributed by atoms with van der Waals surface area (Å²) in [5, 5.41) is 0. The monoisotopic (exact) mass is 449 g/mol. The molecular weight excluding hydrogens is 414 g/mol. The van der Waals surface area contributed by atoms with Crippen LogP contribution in [0.2, 0.25) is 0 Å². The lowest BCUT2D eigenvalue weighted by Crippen LogP contribution is -2.50. The molecule has 5 rings (SSSR count). The fourth-order valence-corrected chi connectivity index (χ4v) is 4.90. The molecule has 1 atom stereocenters. The summed E-state index contributed by atoms with van der Waals surface area (Å²) < 4.78 is 5.52. The topological polar surface area (TPSA) is 61.8 Å². The molecule has 0 radical (unpaired) electrons. The van der Waals surface area contributed by atoms with Gasteiger partial charge in [0.2, 0.25) is 5.95 Å². The van der Waals surface area contributed by atoms with Gasteiger partial charge in [-0.1, -0.05) is 12.1 Å². The second-order valence-electron chi connectivity index (χ2n) is 10.5. The van der Waals surface area contributed by atoms with Crippen molar-refractivity contribution >= 4 is 17.7 Å². The van der Waals surface area contributed by atoms with Crippen molar-refractivity contribution < 1.29 is 9.53 Å². The molecule has 3 aliphatic rings. The number of anilines is 2. The molecule has 33 heavy (non-hydrogen) atoms. The molecule has 1 unspecified atom stereocenters. The molecule has 2 fully saturated rings. The van der Waals surface area contributed by atoms with Crippen LogP contribution in [0.5, 0.6) is 0 Å². The van der Waals surface area contributed by atoms with Gasteiger partial charge in [-0.15, -0.1) is 0 Å². The first-order valence-corrected chi connectivity index (χ1v) is 12.3. The van der Waals surface area contributed by atoms with E-state index < -0.39 is 5.60 Å². The van der Waals surface area contributed by atoms with Crippen molar-refractivity contribution in [2.45, 2.75) is 65.0 Å². The van der Waals surface area contributed by atoms with Gasteiger partial charge in [0.25, 0.3) is 0 Å². The Morgan fingerprint density at radius 1 is 1.00 bits per heavy atom. The predicted molar refractivity (Wildman–Crippen MR) is 131 cm³/mol. The van der Waals surface area contributed by atoms with Crippen LogP contribution in [-0.4, -0.2) is 65.3 Å². The number of rotatable bonds is 3. The van der Waals surface area contributed by atoms with Crippen LogP contribution in [-0.2, 0) is 17.6 Å². The fraction of sp³-hybridized carbons (Fsp3) is 0.577. The minimum Gasteiger partial charge on any atom is -0.444 e. The van der Waals surface area contributed by atoms with E-state index in [0.717, 1.165) is 50.5 Å². The Kier molecular flexibility index (Phi) is 5.67. The van der Waals surface area contributed by atoms with E-state index in [2.05, 4.69) is 41.0 Å². The molecule has 1 aromatic carbocycles. The highest BCUT2D eigenvalue weighted by atomic mass is 16.6. The third-order valence-corrected chi connectivity index (χ3v) is 6.94. The maximum atomic E-state index is 12.3. The van der Waals surface area contributed by atoms with Crippen molar-refractivity contribution in [3.8, 4) is 11.3 Å². The van der Waals surface area contributed by atoms with E-state index in [1.807, 2.05) is 20.8 Å². The lowest BCUT2D eigenvalue weighted by Gasteiger charge is -2.39. The van der Waals surface area contributed by atoms with Gasteiger partial charge in [-0.2, -0.15) is 0 Å². The number of carbonyl (C=O) groups is 1. The molecule has 7 heteroatoms. The van der Waals surface area contributed by atoms with Crippen LogP contribution < -0.4 is 9.80 Å². The first-order valence-electron chi connectivity index (χ1n) is 12.3. The van der Waals surface area contributed by atoms with Gasteiger partial charge < -0.3 is 19.4 Å². The van der Waals surface area contributed by atoms with Gasteiger partial charge in [-0.3, -0.25) is 0 Å². The lowest BCUT2D eigenvalue weighted by atomic mass is 10.0. The third kappa shape index (κ3) is 4.50. The minimum absolute atomic E-state index is 0.220. The maximum absolute atomic E-state index is 12.3. The molecular formula is C26H35N5O2. The number of piperazine rings is 1. The van der Waals surface area contributed by atoms with E-state index in [0.29, 0.717) is 19.1 Å². The average molecular weight is 450 g/mol. The largest absolute Gasteiger partial charge is 0.444 e. The normalized spacial score (nSPS) is 20.5. The Bertz CT molecular complexity index is 1020. The number of aromatic nitrogens is 2. The van der Waals surface area contributed by atoms with Gasteiger partial charge in [0.15, 0.2) is 0 Å². The summed E-state index contributed by atoms with van der Waals surface area (Å²) in [5.41, 5.74) is 5.56. The Morgan fingerprint density at radius 3 is 2.33 bits per heavy atom. The van der Waals surface area contributed by atoms with Crippen molar-refractivity contribution in [2.24, 2.45) is 0 Å². The smallest absolute Gasteiger partial charge is 0.410 e. The van der Waals surface area contributed by atoms with Crippen LogP contribution in [0.1, 0.15) is 51.8 Å². The van der Waals surface area contributed by atoms with Gasteiger partial charge in [0, 0.05) is 61.3 Å². The number of fused-ring (bicyclic) bond motifs is 1. The Balaban J connectivity index is 1.30. The summed E-state index contributed by atoms with van der Waals surface area (Å²) in [6.07, 6.45) is 4.28. The van der Waals surface area contributed by atoms with Gasteiger partial charge in [-0.05, 0) is 65.5 Å². The highest BCUT2D eigenvalue weighted by Crippen LogP contribution is 2.34. The highest BCUT2D eigenvalue weighted by molar-refractivity contribution is 5.70. The molecule has 2 aliphatic heterocycles. The van der Waals surface area contributed by atoms with Gasteiger partial charge >= 0.3 is 6.09 Å². The van der Waals surface area contributed by atoms with Crippen molar-refractivity contribution in [3.63, 3.8) is 0 Å². The number of benzene rings is 1. The molecule has 2 aromatic rings. The van der Waals surface area contributed by atoms with Crippen molar-refractivity contribution in [3.05, 3.63) is 35.5 Å². The van der Waals surface area contributed by atoms with Crippen LogP contribution in [0.4, 0.5) is 16.4 Å². The quantitative estimate of drug-likeness (QED) is 0.697. The zero-order valence-electron chi connectivity index (χ0n) is 20.3. The summed E-state index contributed by atoms with van der Waals surface area (Å²) in [5.74, 6) is 0.895. The molecule has 3 heterocycles. The van der Waals surface area contributed by atoms with E-state index >= 15 is 0 Å². The Morgan fingerprint density at radius 2 is 1.73 bits per heavy atom. The number of hydrogen-bond acceptors (Lipinski definition) is 6. The van der Waals surface area contributed by atoms with Gasteiger partial charge in [0.1, 0.15) is 5.60 Å². The number of carbonyl (C=O) groups excluding carboxylic acids is 1. The number of aryl methyl sites for hydroxylation is 1. The second-order valence-corrected chi connectivity index (χ2v) is 10.5. The fourth-order valence-electron chi connectivity index (χ4n) is 4.90. The van der Waals surface area contributed by atoms with Crippen LogP contribution in [0, 0.1) is 0 Å². The molecule has 0 spiro atoms. The number of amides is 1. The molecule has 7 nitrogen and oxygen atoms in total. The van der Waals surface area contributed by atoms with E-state index in [1.54, 1.807) is 4.90 Å². The predicted octanol–water partition coefficient (Wildman–Crippen LogP) is 4.29. The maximum Gasteiger partial charge on any atom is 0.410 e. The number of hydrogen-bond donors (Lipinski definition) is 0. The van der Waals surface area contributed by atoms with Crippen LogP contribution >= 0.6 is 0 Å². The van der Waals surface area contributed by atoms with Crippen LogP contribution in [0.15, 0.2) is 24.3 Å². The molecule has 0 bridgehead atoms. The summed E-state index contributed by atoms with van der Waals surface area (Å²) in [4.78, 5) is 28.7. The zero-order valence-corrected chi connectivity index (χ0v) is 20.3. The summed E-state index contributed by atoms with van der Waals surface area (Å²) in [7, 11) is 0. The third-order valence-electron chi connectivity index (χ3n) is 6.94. The van der Waals surface area contributed by atoms with Gasteiger partial charge in [0.05, 0.1) is 5.69 Å². The van der Waals surface area contributed by atoms with Crippen LogP contribution in [0.3, 0.4) is 0 Å². The average Bonchev–Trinajstić information content (AvgIpc) is 3.25. The van der Waals surface area contributed by atoms with Crippen molar-refractivity contribution in [1.82, 2.24) is 14.9 Å². The zero-order chi connectivity index (χ0) is 23.2. The van der Waals surface area contributed by atoms with E-state index in [-0.39, 0.29) is 6.09 Å². The second kappa shape index (κ2) is 8.50. The number of ether oxygens (including phenoxy) is 1. The molecule has 0 saturated carbocycles. The molecule has 1 aromatic heterocycles. The van der Waals surface area contributed by atoms with Gasteiger partial charge in [-0.25, -0.2) is 14.8 Å². The molecule has 1 amide bonds. The lowest BCUT2D eigenvalue weighted by molar-refractivity contribution is 0.0240. The van der Waals surface area contributed by atoms with Crippen LogP contribution in [0.25, 0.3) is 11.3 Å². The standard InChI is InChI=1S/C26H35N5O2/c1-18-12-13-31(18)24-27-22-7-5-6-21(22)23(28-24)19-8-10-20(11-9-19)29-14-16-30(17-15-29)25(32)33-26(2,3)4/h8-11,18H,5-7,12-17H2,1-4H3. The number of nitrogens with zero attached hydrogens (tertiary/aromatic N) is 5. The molecule has 0 N–H and O–H groups in total. The molecule has 1 aliphatic carbocycles. The highest BCUT2D eigenvalue weighted by Gasteiger charge is 2.29. The summed E-state index contributed by atoms with van der Waals surface area (Å²) in [6.45, 7) is 12.0. The van der Waals surface area contributed by atoms with Crippen molar-refractivity contribution in [1.29, 1.82) is 0 Å². The molecule has 176 valence electrons. The Labute approximate surface area is 196 Å². The first-order chi connectivity index (χ1) is 15.8. The summed E-state index contributed by atoms with van der Waals surface area (Å²) >= 11 is 0. The van der Waals surface area contributed by atoms with E-state index in [4.69, 9.17) is 14.7 Å². The summed E-state index contributed by atoms with van der Waals surface area (Å²) in [6, 6.07) is 9.29. The minimum atomic E-state index is -0.460. The first kappa shape index (κ1) is 22.0.